The number of aliphatic hydroxyl groups excluding tert-OH is 1. The van der Waals surface area contributed by atoms with E-state index in [2.05, 4.69) is 18.2 Å². The van der Waals surface area contributed by atoms with Gasteiger partial charge in [-0.05, 0) is 36.5 Å². The molecule has 2 aromatic carbocycles. The lowest BCUT2D eigenvalue weighted by Gasteiger charge is -2.45. The molecule has 5 rings (SSSR count). The molecule has 29 heavy (non-hydrogen) atoms. The van der Waals surface area contributed by atoms with Gasteiger partial charge in [-0.2, -0.15) is 0 Å². The number of para-hydroxylation sites is 1. The number of β-amino-alcohol motifs (C(OH)–C–C–N with tert-alkyl or cyclic N) is 1. The van der Waals surface area contributed by atoms with E-state index in [0.717, 1.165) is 27.7 Å². The van der Waals surface area contributed by atoms with E-state index < -0.39 is 5.41 Å². The topological polar surface area (TPSA) is 62.9 Å². The Morgan fingerprint density at radius 1 is 1.03 bits per heavy atom. The SMILES string of the molecule is O=C(N1CC(O)C1)C1(Cc2ccccc2-c2coc3ccccc23)CCOCC1. The van der Waals surface area contributed by atoms with E-state index in [9.17, 15) is 9.90 Å². The van der Waals surface area contributed by atoms with Crippen LogP contribution in [0, 0.1) is 5.41 Å². The molecule has 5 nitrogen and oxygen atoms in total. The summed E-state index contributed by atoms with van der Waals surface area (Å²) in [6, 6.07) is 16.3. The van der Waals surface area contributed by atoms with Crippen molar-refractivity contribution >= 4 is 16.9 Å². The maximum absolute atomic E-state index is 13.4. The van der Waals surface area contributed by atoms with Crippen molar-refractivity contribution in [2.75, 3.05) is 26.3 Å². The highest BCUT2D eigenvalue weighted by Gasteiger charge is 2.45. The Morgan fingerprint density at radius 3 is 2.55 bits per heavy atom. The van der Waals surface area contributed by atoms with Crippen LogP contribution in [-0.2, 0) is 16.0 Å². The molecular formula is C24H25NO4. The fourth-order valence-corrected chi connectivity index (χ4v) is 4.67. The maximum atomic E-state index is 13.4. The van der Waals surface area contributed by atoms with Gasteiger partial charge in [-0.3, -0.25) is 4.79 Å². The Labute approximate surface area is 169 Å². The average Bonchev–Trinajstić information content (AvgIpc) is 3.16. The van der Waals surface area contributed by atoms with Gasteiger partial charge in [0.05, 0.1) is 17.8 Å². The molecule has 2 saturated heterocycles. The van der Waals surface area contributed by atoms with Crippen molar-refractivity contribution in [2.24, 2.45) is 5.41 Å². The molecule has 0 atom stereocenters. The highest BCUT2D eigenvalue weighted by molar-refractivity contribution is 5.95. The predicted octanol–water partition coefficient (Wildman–Crippen LogP) is 3.64. The van der Waals surface area contributed by atoms with Crippen molar-refractivity contribution in [3.8, 4) is 11.1 Å². The van der Waals surface area contributed by atoms with Gasteiger partial charge in [-0.15, -0.1) is 0 Å². The number of carbonyl (C=O) groups excluding carboxylic acids is 1. The number of aliphatic hydroxyl groups is 1. The van der Waals surface area contributed by atoms with E-state index in [1.165, 1.54) is 0 Å². The van der Waals surface area contributed by atoms with E-state index in [1.54, 1.807) is 4.90 Å². The minimum absolute atomic E-state index is 0.151. The summed E-state index contributed by atoms with van der Waals surface area (Å²) in [6.45, 7) is 2.07. The number of furan rings is 1. The van der Waals surface area contributed by atoms with Crippen LogP contribution in [0.3, 0.4) is 0 Å². The minimum atomic E-state index is -0.478. The number of nitrogens with zero attached hydrogens (tertiary/aromatic N) is 1. The van der Waals surface area contributed by atoms with Crippen LogP contribution in [0.4, 0.5) is 0 Å². The van der Waals surface area contributed by atoms with Gasteiger partial charge in [0.25, 0.3) is 0 Å². The van der Waals surface area contributed by atoms with Gasteiger partial charge < -0.3 is 19.2 Å². The number of amides is 1. The molecule has 0 radical (unpaired) electrons. The molecule has 1 amide bonds. The highest BCUT2D eigenvalue weighted by Crippen LogP contribution is 2.41. The molecule has 1 aromatic heterocycles. The molecule has 0 aliphatic carbocycles. The zero-order valence-electron chi connectivity index (χ0n) is 16.3. The Morgan fingerprint density at radius 2 is 1.76 bits per heavy atom. The second kappa shape index (κ2) is 7.32. The van der Waals surface area contributed by atoms with Crippen LogP contribution in [0.15, 0.2) is 59.2 Å². The lowest BCUT2D eigenvalue weighted by molar-refractivity contribution is -0.158. The first-order chi connectivity index (χ1) is 14.2. The Hall–Kier alpha value is -2.63. The first-order valence-electron chi connectivity index (χ1n) is 10.3. The largest absolute Gasteiger partial charge is 0.464 e. The van der Waals surface area contributed by atoms with Crippen LogP contribution in [0.1, 0.15) is 18.4 Å². The molecule has 0 saturated carbocycles. The third kappa shape index (κ3) is 3.24. The van der Waals surface area contributed by atoms with Gasteiger partial charge in [-0.1, -0.05) is 42.5 Å². The van der Waals surface area contributed by atoms with Crippen LogP contribution < -0.4 is 0 Å². The third-order valence-corrected chi connectivity index (χ3v) is 6.37. The van der Waals surface area contributed by atoms with Crippen LogP contribution in [0.2, 0.25) is 0 Å². The molecule has 2 aliphatic rings. The quantitative estimate of drug-likeness (QED) is 0.738. The standard InChI is InChI=1S/C24H25NO4/c26-18-14-25(15-18)23(27)24(9-11-28-12-10-24)13-17-5-1-2-6-19(17)21-16-29-22-8-4-3-7-20(21)22/h1-8,16,18,26H,9-15H2. The molecule has 1 N–H and O–H groups in total. The van der Waals surface area contributed by atoms with Gasteiger partial charge in [-0.25, -0.2) is 0 Å². The number of ether oxygens (including phenoxy) is 1. The van der Waals surface area contributed by atoms with Crippen molar-refractivity contribution in [3.05, 3.63) is 60.4 Å². The Balaban J connectivity index is 1.53. The zero-order valence-corrected chi connectivity index (χ0v) is 16.3. The van der Waals surface area contributed by atoms with Crippen molar-refractivity contribution < 1.29 is 19.1 Å². The molecule has 2 aliphatic heterocycles. The fourth-order valence-electron chi connectivity index (χ4n) is 4.67. The van der Waals surface area contributed by atoms with Gasteiger partial charge in [0.1, 0.15) is 5.58 Å². The summed E-state index contributed by atoms with van der Waals surface area (Å²) in [4.78, 5) is 15.2. The third-order valence-electron chi connectivity index (χ3n) is 6.37. The smallest absolute Gasteiger partial charge is 0.229 e. The second-order valence-corrected chi connectivity index (χ2v) is 8.24. The molecule has 3 heterocycles. The molecule has 0 spiro atoms. The molecule has 0 bridgehead atoms. The van der Waals surface area contributed by atoms with Crippen molar-refractivity contribution in [3.63, 3.8) is 0 Å². The molecule has 3 aromatic rings. The summed E-state index contributed by atoms with van der Waals surface area (Å²) >= 11 is 0. The summed E-state index contributed by atoms with van der Waals surface area (Å²) in [5, 5.41) is 10.8. The number of hydrogen-bond acceptors (Lipinski definition) is 4. The Bertz CT molecular complexity index is 1030. The van der Waals surface area contributed by atoms with E-state index in [-0.39, 0.29) is 12.0 Å². The maximum Gasteiger partial charge on any atom is 0.229 e. The number of benzene rings is 2. The first kappa shape index (κ1) is 18.4. The molecular weight excluding hydrogens is 366 g/mol. The van der Waals surface area contributed by atoms with Crippen LogP contribution >= 0.6 is 0 Å². The van der Waals surface area contributed by atoms with E-state index in [1.807, 2.05) is 36.6 Å². The highest BCUT2D eigenvalue weighted by atomic mass is 16.5. The molecule has 0 unspecified atom stereocenters. The minimum Gasteiger partial charge on any atom is -0.464 e. The average molecular weight is 391 g/mol. The van der Waals surface area contributed by atoms with E-state index in [0.29, 0.717) is 45.6 Å². The summed E-state index contributed by atoms with van der Waals surface area (Å²) in [5.41, 5.74) is 3.71. The molecule has 5 heteroatoms. The van der Waals surface area contributed by atoms with E-state index in [4.69, 9.17) is 9.15 Å². The van der Waals surface area contributed by atoms with Crippen molar-refractivity contribution in [2.45, 2.75) is 25.4 Å². The van der Waals surface area contributed by atoms with Crippen LogP contribution in [0.5, 0.6) is 0 Å². The van der Waals surface area contributed by atoms with Crippen LogP contribution in [-0.4, -0.2) is 48.3 Å². The molecule has 2 fully saturated rings. The number of rotatable bonds is 4. The number of carbonyl (C=O) groups is 1. The molecule has 150 valence electrons. The van der Waals surface area contributed by atoms with Crippen LogP contribution in [0.25, 0.3) is 22.1 Å². The fraction of sp³-hybridized carbons (Fsp3) is 0.375. The summed E-state index contributed by atoms with van der Waals surface area (Å²) < 4.78 is 11.4. The van der Waals surface area contributed by atoms with Gasteiger partial charge in [0.15, 0.2) is 0 Å². The lowest BCUT2D eigenvalue weighted by atomic mass is 9.72. The first-order valence-corrected chi connectivity index (χ1v) is 10.3. The lowest BCUT2D eigenvalue weighted by Crippen LogP contribution is -2.59. The predicted molar refractivity (Wildman–Crippen MR) is 110 cm³/mol. The normalized spacial score (nSPS) is 19.3. The van der Waals surface area contributed by atoms with Crippen molar-refractivity contribution in [1.29, 1.82) is 0 Å². The monoisotopic (exact) mass is 391 g/mol. The van der Waals surface area contributed by atoms with E-state index >= 15 is 0 Å². The van der Waals surface area contributed by atoms with Crippen molar-refractivity contribution in [1.82, 2.24) is 4.90 Å². The van der Waals surface area contributed by atoms with Gasteiger partial charge >= 0.3 is 0 Å². The number of likely N-dealkylation sites (tertiary alicyclic amines) is 1. The number of fused-ring (bicyclic) bond motifs is 1. The summed E-state index contributed by atoms with van der Waals surface area (Å²) in [7, 11) is 0. The Kier molecular flexibility index (Phi) is 4.64. The zero-order chi connectivity index (χ0) is 19.8. The number of hydrogen-bond donors (Lipinski definition) is 1. The second-order valence-electron chi connectivity index (χ2n) is 8.24. The summed E-state index contributed by atoms with van der Waals surface area (Å²) in [5.74, 6) is 0.151. The van der Waals surface area contributed by atoms with Gasteiger partial charge in [0.2, 0.25) is 5.91 Å². The van der Waals surface area contributed by atoms with Gasteiger partial charge in [0, 0.05) is 37.3 Å². The summed E-state index contributed by atoms with van der Waals surface area (Å²) in [6.07, 6.45) is 3.50.